The number of likely N-dealkylation sites (N-methyl/N-ethyl adjacent to an activating group) is 2. The van der Waals surface area contributed by atoms with Gasteiger partial charge in [0.25, 0.3) is 5.91 Å². The number of hydrogen-bond donors (Lipinski definition) is 2. The average Bonchev–Trinajstić information content (AvgIpc) is 3.56. The van der Waals surface area contributed by atoms with E-state index in [1.54, 1.807) is 9.91 Å². The number of hydrogen-bond acceptors (Lipinski definition) is 11. The number of hydrazine groups is 1. The van der Waals surface area contributed by atoms with Gasteiger partial charge in [0.1, 0.15) is 12.4 Å². The molecule has 274 valence electrons. The van der Waals surface area contributed by atoms with Crippen LogP contribution < -0.4 is 10.4 Å². The molecule has 4 heterocycles. The SMILES string of the molecule is CN1CCN(Cc2ccc(C(=O)NN(c3nc(C#N)nc4c3ncn4C(=O)N3CCN(C)CC3)C3CCCCC3)cc2)CC1.O=C(O)C(F)(F)F. The smallest absolute Gasteiger partial charge is 0.475 e. The molecular formula is C33H42F3N11O4. The van der Waals surface area contributed by atoms with Crippen molar-refractivity contribution in [2.45, 2.75) is 50.9 Å². The van der Waals surface area contributed by atoms with Gasteiger partial charge in [-0.1, -0.05) is 31.4 Å². The maximum absolute atomic E-state index is 13.7. The number of halogens is 3. The Morgan fingerprint density at radius 1 is 0.941 bits per heavy atom. The van der Waals surface area contributed by atoms with Crippen molar-refractivity contribution in [3.63, 3.8) is 0 Å². The monoisotopic (exact) mass is 713 g/mol. The van der Waals surface area contributed by atoms with E-state index in [1.807, 2.05) is 37.4 Å². The number of carbonyl (C=O) groups is 3. The van der Waals surface area contributed by atoms with Crippen LogP contribution in [0.4, 0.5) is 23.8 Å². The summed E-state index contributed by atoms with van der Waals surface area (Å²) in [5.74, 6) is -2.76. The van der Waals surface area contributed by atoms with Crippen LogP contribution in [-0.4, -0.2) is 141 Å². The molecule has 2 saturated heterocycles. The predicted octanol–water partition coefficient (Wildman–Crippen LogP) is 2.78. The van der Waals surface area contributed by atoms with Crippen LogP contribution in [-0.2, 0) is 11.3 Å². The number of carboxylic acids is 1. The van der Waals surface area contributed by atoms with E-state index in [0.29, 0.717) is 30.0 Å². The van der Waals surface area contributed by atoms with E-state index in [0.717, 1.165) is 77.9 Å². The molecule has 2 aromatic heterocycles. The van der Waals surface area contributed by atoms with Crippen LogP contribution in [0.5, 0.6) is 0 Å². The van der Waals surface area contributed by atoms with E-state index in [9.17, 15) is 28.0 Å². The lowest BCUT2D eigenvalue weighted by molar-refractivity contribution is -0.192. The number of carbonyl (C=O) groups excluding carboxylic acids is 2. The van der Waals surface area contributed by atoms with E-state index in [4.69, 9.17) is 9.90 Å². The first-order valence-electron chi connectivity index (χ1n) is 16.9. The van der Waals surface area contributed by atoms with Gasteiger partial charge in [0, 0.05) is 64.5 Å². The Hall–Kier alpha value is -4.86. The van der Waals surface area contributed by atoms with Crippen LogP contribution in [0.1, 0.15) is 53.8 Å². The third kappa shape index (κ3) is 9.48. The Balaban J connectivity index is 0.000000654. The van der Waals surface area contributed by atoms with Crippen molar-refractivity contribution in [2.75, 3.05) is 71.5 Å². The number of nitrogens with one attached hydrogen (secondary N) is 1. The summed E-state index contributed by atoms with van der Waals surface area (Å²) >= 11 is 0. The normalized spacial score (nSPS) is 18.1. The van der Waals surface area contributed by atoms with Gasteiger partial charge in [0.05, 0.1) is 6.04 Å². The number of piperazine rings is 2. The summed E-state index contributed by atoms with van der Waals surface area (Å²) < 4.78 is 33.1. The van der Waals surface area contributed by atoms with Gasteiger partial charge in [-0.15, -0.1) is 0 Å². The number of aromatic nitrogens is 4. The van der Waals surface area contributed by atoms with Crippen LogP contribution in [0, 0.1) is 11.3 Å². The highest BCUT2D eigenvalue weighted by Crippen LogP contribution is 2.30. The molecule has 0 unspecified atom stereocenters. The molecule has 51 heavy (non-hydrogen) atoms. The summed E-state index contributed by atoms with van der Waals surface area (Å²) in [7, 11) is 4.18. The lowest BCUT2D eigenvalue weighted by atomic mass is 9.95. The molecule has 6 rings (SSSR count). The largest absolute Gasteiger partial charge is 0.490 e. The van der Waals surface area contributed by atoms with Crippen LogP contribution in [0.25, 0.3) is 11.2 Å². The molecule has 1 saturated carbocycles. The summed E-state index contributed by atoms with van der Waals surface area (Å²) in [6, 6.07) is 9.52. The number of fused-ring (bicyclic) bond motifs is 1. The van der Waals surface area contributed by atoms with Crippen molar-refractivity contribution in [1.82, 2.24) is 44.5 Å². The molecule has 0 bridgehead atoms. The lowest BCUT2D eigenvalue weighted by Gasteiger charge is -2.35. The lowest BCUT2D eigenvalue weighted by Crippen LogP contribution is -2.50. The molecule has 2 aliphatic heterocycles. The van der Waals surface area contributed by atoms with Gasteiger partial charge in [-0.25, -0.2) is 19.1 Å². The minimum Gasteiger partial charge on any atom is -0.475 e. The third-order valence-electron chi connectivity index (χ3n) is 9.31. The number of rotatable bonds is 6. The maximum atomic E-state index is 13.7. The zero-order chi connectivity index (χ0) is 36.7. The van der Waals surface area contributed by atoms with E-state index >= 15 is 0 Å². The summed E-state index contributed by atoms with van der Waals surface area (Å²) in [4.78, 5) is 58.3. The topological polar surface area (TPSA) is 167 Å². The van der Waals surface area contributed by atoms with Gasteiger partial charge in [-0.2, -0.15) is 28.4 Å². The first-order valence-corrected chi connectivity index (χ1v) is 16.9. The van der Waals surface area contributed by atoms with Crippen molar-refractivity contribution in [3.8, 4) is 6.07 Å². The molecule has 1 aliphatic carbocycles. The highest BCUT2D eigenvalue weighted by atomic mass is 19.4. The predicted molar refractivity (Wildman–Crippen MR) is 180 cm³/mol. The van der Waals surface area contributed by atoms with Crippen molar-refractivity contribution in [1.29, 1.82) is 5.26 Å². The molecule has 0 radical (unpaired) electrons. The first-order chi connectivity index (χ1) is 24.3. The zero-order valence-electron chi connectivity index (χ0n) is 28.6. The Morgan fingerprint density at radius 3 is 2.10 bits per heavy atom. The summed E-state index contributed by atoms with van der Waals surface area (Å²) in [5, 5.41) is 18.7. The number of amides is 2. The minimum atomic E-state index is -5.08. The molecular weight excluding hydrogens is 671 g/mol. The number of imidazole rings is 1. The Kier molecular flexibility index (Phi) is 12.1. The zero-order valence-corrected chi connectivity index (χ0v) is 28.6. The number of alkyl halides is 3. The Bertz CT molecular complexity index is 1720. The van der Waals surface area contributed by atoms with Gasteiger partial charge in [0.2, 0.25) is 5.82 Å². The fourth-order valence-corrected chi connectivity index (χ4v) is 6.25. The standard InChI is InChI=1S/C31H41N11O2.C2HF3O2/c1-37-12-16-39(17-13-37)21-23-8-10-24(11-9-23)30(43)36-42(25-6-4-3-5-7-25)29-27-28(34-26(20-32)35-29)41(22-33-27)31(44)40-18-14-38(2)15-19-40;3-2(4,5)1(6)7/h8-11,22,25H,3-7,12-19,21H2,1-2H3,(H,36,43);(H,6,7). The second-order valence-electron chi connectivity index (χ2n) is 13.0. The van der Waals surface area contributed by atoms with Gasteiger partial charge in [-0.05, 0) is 44.6 Å². The minimum absolute atomic E-state index is 0.0349. The first kappa shape index (κ1) is 37.4. The molecule has 3 aliphatic rings. The molecule has 0 spiro atoms. The fourth-order valence-electron chi connectivity index (χ4n) is 6.25. The van der Waals surface area contributed by atoms with E-state index in [-0.39, 0.29) is 29.5 Å². The maximum Gasteiger partial charge on any atom is 0.490 e. The summed E-state index contributed by atoms with van der Waals surface area (Å²) in [5.41, 5.74) is 5.45. The van der Waals surface area contributed by atoms with Crippen molar-refractivity contribution >= 4 is 34.9 Å². The van der Waals surface area contributed by atoms with Gasteiger partial charge < -0.3 is 19.8 Å². The number of carboxylic acid groups (broad SMARTS) is 1. The highest BCUT2D eigenvalue weighted by Gasteiger charge is 2.38. The number of nitriles is 1. The summed E-state index contributed by atoms with van der Waals surface area (Å²) in [6.45, 7) is 7.78. The molecule has 2 amide bonds. The fraction of sp³-hybridized carbons (Fsp3) is 0.545. The molecule has 0 atom stereocenters. The number of aliphatic carboxylic acids is 1. The molecule has 2 N–H and O–H groups in total. The third-order valence-corrected chi connectivity index (χ3v) is 9.31. The molecule has 18 heteroatoms. The van der Waals surface area contributed by atoms with Crippen LogP contribution in [0.15, 0.2) is 30.6 Å². The Labute approximate surface area is 293 Å². The van der Waals surface area contributed by atoms with Gasteiger partial charge in [0.15, 0.2) is 17.0 Å². The van der Waals surface area contributed by atoms with Crippen LogP contribution in [0.3, 0.4) is 0 Å². The molecule has 1 aromatic carbocycles. The number of benzene rings is 1. The van der Waals surface area contributed by atoms with Crippen LogP contribution in [0.2, 0.25) is 0 Å². The number of anilines is 1. The average molecular weight is 714 g/mol. The molecule has 3 aromatic rings. The van der Waals surface area contributed by atoms with E-state index in [1.165, 1.54) is 16.5 Å². The van der Waals surface area contributed by atoms with Crippen molar-refractivity contribution in [3.05, 3.63) is 47.5 Å². The van der Waals surface area contributed by atoms with Crippen molar-refractivity contribution in [2.24, 2.45) is 0 Å². The van der Waals surface area contributed by atoms with Gasteiger partial charge >= 0.3 is 18.2 Å². The van der Waals surface area contributed by atoms with Crippen molar-refractivity contribution < 1.29 is 32.7 Å². The second-order valence-corrected chi connectivity index (χ2v) is 13.0. The summed E-state index contributed by atoms with van der Waals surface area (Å²) in [6.07, 6.45) is 1.26. The van der Waals surface area contributed by atoms with E-state index in [2.05, 4.69) is 42.1 Å². The van der Waals surface area contributed by atoms with Gasteiger partial charge in [-0.3, -0.25) is 20.1 Å². The molecule has 15 nitrogen and oxygen atoms in total. The molecule has 3 fully saturated rings. The Morgan fingerprint density at radius 2 is 1.53 bits per heavy atom. The highest BCUT2D eigenvalue weighted by molar-refractivity contribution is 5.97. The quantitative estimate of drug-likeness (QED) is 0.359. The second kappa shape index (κ2) is 16.4. The van der Waals surface area contributed by atoms with Crippen LogP contribution >= 0.6 is 0 Å². The number of nitrogens with zero attached hydrogens (tertiary/aromatic N) is 10. The van der Waals surface area contributed by atoms with E-state index < -0.39 is 12.1 Å².